The summed E-state index contributed by atoms with van der Waals surface area (Å²) < 4.78 is 0. The Morgan fingerprint density at radius 1 is 1.27 bits per heavy atom. The van der Waals surface area contributed by atoms with Gasteiger partial charge >= 0.3 is 6.03 Å². The van der Waals surface area contributed by atoms with E-state index >= 15 is 0 Å². The first-order valence-corrected chi connectivity index (χ1v) is 10.1. The van der Waals surface area contributed by atoms with Gasteiger partial charge in [-0.1, -0.05) is 37.8 Å². The molecule has 6 nitrogen and oxygen atoms in total. The van der Waals surface area contributed by atoms with Gasteiger partial charge in [0.15, 0.2) is 0 Å². The molecule has 0 radical (unpaired) electrons. The van der Waals surface area contributed by atoms with Crippen molar-refractivity contribution in [1.82, 2.24) is 15.5 Å². The van der Waals surface area contributed by atoms with Crippen LogP contribution in [0.4, 0.5) is 4.79 Å². The molecule has 0 aromatic rings. The van der Waals surface area contributed by atoms with Crippen LogP contribution in [0, 0.1) is 5.92 Å². The van der Waals surface area contributed by atoms with Crippen LogP contribution < -0.4 is 10.6 Å². The lowest BCUT2D eigenvalue weighted by atomic mass is 9.73. The van der Waals surface area contributed by atoms with Gasteiger partial charge in [-0.25, -0.2) is 4.79 Å². The summed E-state index contributed by atoms with van der Waals surface area (Å²) in [4.78, 5) is 38.5. The molecular weight excluding hydrogens is 330 g/mol. The van der Waals surface area contributed by atoms with Gasteiger partial charge in [-0.15, -0.1) is 0 Å². The van der Waals surface area contributed by atoms with Crippen molar-refractivity contribution in [3.8, 4) is 0 Å². The van der Waals surface area contributed by atoms with Gasteiger partial charge in [-0.05, 0) is 50.9 Å². The molecule has 1 saturated heterocycles. The number of hydrogen-bond donors (Lipinski definition) is 2. The molecule has 144 valence electrons. The van der Waals surface area contributed by atoms with Gasteiger partial charge in [-0.2, -0.15) is 0 Å². The molecule has 1 saturated carbocycles. The molecule has 1 heterocycles. The second kappa shape index (κ2) is 8.23. The van der Waals surface area contributed by atoms with Crippen molar-refractivity contribution >= 4 is 17.8 Å². The van der Waals surface area contributed by atoms with Gasteiger partial charge in [0.1, 0.15) is 12.1 Å². The van der Waals surface area contributed by atoms with Gasteiger partial charge in [0.05, 0.1) is 0 Å². The third-order valence-electron chi connectivity index (χ3n) is 6.21. The van der Waals surface area contributed by atoms with Crippen molar-refractivity contribution in [3.63, 3.8) is 0 Å². The summed E-state index contributed by atoms with van der Waals surface area (Å²) in [6.45, 7) is 2.40. The Labute approximate surface area is 155 Å². The number of nitrogens with one attached hydrogen (secondary N) is 2. The zero-order valence-corrected chi connectivity index (χ0v) is 15.8. The Morgan fingerprint density at radius 2 is 2.12 bits per heavy atom. The maximum absolute atomic E-state index is 12.9. The smallest absolute Gasteiger partial charge is 0.325 e. The molecule has 2 atom stereocenters. The van der Waals surface area contributed by atoms with Crippen molar-refractivity contribution in [2.24, 2.45) is 5.92 Å². The second-order valence-corrected chi connectivity index (χ2v) is 8.00. The quantitative estimate of drug-likeness (QED) is 0.584. The Balaban J connectivity index is 1.50. The maximum Gasteiger partial charge on any atom is 0.325 e. The van der Waals surface area contributed by atoms with Crippen LogP contribution in [0.3, 0.4) is 0 Å². The number of carbonyl (C=O) groups excluding carboxylic acids is 3. The van der Waals surface area contributed by atoms with Crippen molar-refractivity contribution in [2.75, 3.05) is 13.1 Å². The molecule has 26 heavy (non-hydrogen) atoms. The summed E-state index contributed by atoms with van der Waals surface area (Å²) in [7, 11) is 0. The second-order valence-electron chi connectivity index (χ2n) is 8.00. The van der Waals surface area contributed by atoms with Gasteiger partial charge < -0.3 is 10.6 Å². The van der Waals surface area contributed by atoms with E-state index in [1.54, 1.807) is 0 Å². The lowest BCUT2D eigenvalue weighted by Gasteiger charge is -2.36. The molecule has 2 aliphatic carbocycles. The molecule has 1 aliphatic heterocycles. The van der Waals surface area contributed by atoms with E-state index in [1.165, 1.54) is 24.8 Å². The van der Waals surface area contributed by atoms with Gasteiger partial charge in [-0.3, -0.25) is 14.5 Å². The largest absolute Gasteiger partial charge is 0.354 e. The molecular formula is C20H31N3O3. The van der Waals surface area contributed by atoms with Crippen molar-refractivity contribution in [3.05, 3.63) is 11.6 Å². The SMILES string of the molecule is C[C@H]1CCCC[C@]12NC(=O)N(CC(=O)NCCC1=CCCCCC1)C2=O. The lowest BCUT2D eigenvalue weighted by molar-refractivity contribution is -0.137. The number of hydrogen-bond acceptors (Lipinski definition) is 3. The van der Waals surface area contributed by atoms with Crippen LogP contribution in [0.5, 0.6) is 0 Å². The van der Waals surface area contributed by atoms with E-state index in [1.807, 2.05) is 6.92 Å². The van der Waals surface area contributed by atoms with Crippen LogP contribution in [-0.2, 0) is 9.59 Å². The Hall–Kier alpha value is -1.85. The van der Waals surface area contributed by atoms with Crippen LogP contribution >= 0.6 is 0 Å². The minimum Gasteiger partial charge on any atom is -0.354 e. The van der Waals surface area contributed by atoms with Gasteiger partial charge in [0, 0.05) is 6.54 Å². The fourth-order valence-corrected chi connectivity index (χ4v) is 4.51. The lowest BCUT2D eigenvalue weighted by Crippen LogP contribution is -2.54. The normalized spacial score (nSPS) is 29.3. The molecule has 2 fully saturated rings. The fourth-order valence-electron chi connectivity index (χ4n) is 4.51. The summed E-state index contributed by atoms with van der Waals surface area (Å²) in [6.07, 6.45) is 12.8. The summed E-state index contributed by atoms with van der Waals surface area (Å²) >= 11 is 0. The summed E-state index contributed by atoms with van der Waals surface area (Å²) in [6, 6.07) is -0.426. The molecule has 0 unspecified atom stereocenters. The predicted molar refractivity (Wildman–Crippen MR) is 99.4 cm³/mol. The summed E-state index contributed by atoms with van der Waals surface area (Å²) in [5, 5.41) is 5.75. The van der Waals surface area contributed by atoms with Crippen LogP contribution in [0.15, 0.2) is 11.6 Å². The molecule has 3 aliphatic rings. The van der Waals surface area contributed by atoms with Crippen molar-refractivity contribution < 1.29 is 14.4 Å². The first kappa shape index (κ1) is 18.9. The van der Waals surface area contributed by atoms with E-state index in [2.05, 4.69) is 16.7 Å². The molecule has 6 heteroatoms. The van der Waals surface area contributed by atoms with Crippen LogP contribution in [0.1, 0.15) is 71.1 Å². The van der Waals surface area contributed by atoms with Crippen LogP contribution in [0.25, 0.3) is 0 Å². The monoisotopic (exact) mass is 361 g/mol. The van der Waals surface area contributed by atoms with E-state index in [4.69, 9.17) is 0 Å². The van der Waals surface area contributed by atoms with E-state index in [-0.39, 0.29) is 24.3 Å². The number of rotatable bonds is 5. The van der Waals surface area contributed by atoms with E-state index in [0.29, 0.717) is 13.0 Å². The highest BCUT2D eigenvalue weighted by Gasteiger charge is 2.55. The van der Waals surface area contributed by atoms with Crippen molar-refractivity contribution in [1.29, 1.82) is 0 Å². The summed E-state index contributed by atoms with van der Waals surface area (Å²) in [5.41, 5.74) is 0.619. The first-order chi connectivity index (χ1) is 12.5. The summed E-state index contributed by atoms with van der Waals surface area (Å²) in [5.74, 6) is -0.373. The van der Waals surface area contributed by atoms with Gasteiger partial charge in [0.25, 0.3) is 5.91 Å². The van der Waals surface area contributed by atoms with E-state index in [9.17, 15) is 14.4 Å². The van der Waals surface area contributed by atoms with Crippen molar-refractivity contribution in [2.45, 2.75) is 76.7 Å². The van der Waals surface area contributed by atoms with Gasteiger partial charge in [0.2, 0.25) is 5.91 Å². The number of nitrogens with zero attached hydrogens (tertiary/aromatic N) is 1. The number of allylic oxidation sites excluding steroid dienone is 1. The standard InChI is InChI=1S/C20H31N3O3/c1-15-8-6-7-12-20(15)18(25)23(19(26)22-20)14-17(24)21-13-11-16-9-4-2-3-5-10-16/h9,15H,2-8,10-14H2,1H3,(H,21,24)(H,22,26)/t15-,20-/m0/s1. The first-order valence-electron chi connectivity index (χ1n) is 10.1. The minimum absolute atomic E-state index is 0.114. The molecule has 0 aromatic carbocycles. The van der Waals surface area contributed by atoms with Crippen LogP contribution in [0.2, 0.25) is 0 Å². The highest BCUT2D eigenvalue weighted by Crippen LogP contribution is 2.38. The molecule has 3 rings (SSSR count). The molecule has 0 bridgehead atoms. The predicted octanol–water partition coefficient (Wildman–Crippen LogP) is 2.88. The third kappa shape index (κ3) is 3.94. The fraction of sp³-hybridized carbons (Fsp3) is 0.750. The average Bonchev–Trinajstić information content (AvgIpc) is 2.80. The number of amides is 4. The third-order valence-corrected chi connectivity index (χ3v) is 6.21. The topological polar surface area (TPSA) is 78.5 Å². The average molecular weight is 361 g/mol. The molecule has 1 spiro atoms. The zero-order valence-electron chi connectivity index (χ0n) is 15.8. The minimum atomic E-state index is -0.791. The van der Waals surface area contributed by atoms with E-state index in [0.717, 1.165) is 43.4 Å². The molecule has 4 amide bonds. The zero-order chi connectivity index (χ0) is 18.6. The number of carbonyl (C=O) groups is 3. The highest BCUT2D eigenvalue weighted by molar-refractivity contribution is 6.09. The highest BCUT2D eigenvalue weighted by atomic mass is 16.2. The molecule has 2 N–H and O–H groups in total. The van der Waals surface area contributed by atoms with E-state index < -0.39 is 11.6 Å². The molecule has 0 aromatic heterocycles. The maximum atomic E-state index is 12.9. The Kier molecular flexibility index (Phi) is 5.99. The Bertz CT molecular complexity index is 601. The Morgan fingerprint density at radius 3 is 2.92 bits per heavy atom. The van der Waals surface area contributed by atoms with Crippen LogP contribution in [-0.4, -0.2) is 41.4 Å². The number of imide groups is 1. The number of urea groups is 1.